The van der Waals surface area contributed by atoms with E-state index in [1.54, 1.807) is 0 Å². The highest BCUT2D eigenvalue weighted by Crippen LogP contribution is 2.35. The average Bonchev–Trinajstić information content (AvgIpc) is 3.33. The first-order valence-electron chi connectivity index (χ1n) is 13.0. The van der Waals surface area contributed by atoms with Crippen LogP contribution in [0, 0.1) is 0 Å². The van der Waals surface area contributed by atoms with Crippen LogP contribution in [0.1, 0.15) is 0 Å². The van der Waals surface area contributed by atoms with Crippen LogP contribution in [0.25, 0.3) is 71.7 Å². The maximum absolute atomic E-state index is 5.03. The van der Waals surface area contributed by atoms with Crippen LogP contribution in [0.3, 0.4) is 0 Å². The van der Waals surface area contributed by atoms with E-state index in [-0.39, 0.29) is 0 Å². The number of aromatic nitrogens is 4. The smallest absolute Gasteiger partial charge is 0.235 e. The van der Waals surface area contributed by atoms with Gasteiger partial charge in [-0.1, -0.05) is 66.7 Å². The van der Waals surface area contributed by atoms with Crippen molar-refractivity contribution in [2.24, 2.45) is 0 Å². The van der Waals surface area contributed by atoms with Crippen molar-refractivity contribution in [3.05, 3.63) is 134 Å². The third-order valence-electron chi connectivity index (χ3n) is 7.52. The Kier molecular flexibility index (Phi) is 4.79. The molecule has 0 aliphatic heterocycles. The SMILES string of the molecule is c1ccc(-c2ccc3cc4c(cc3c2)c2ccccc2n4-c2ncc3cc(-c4ccncc4)ccc3n2)cc1. The van der Waals surface area contributed by atoms with Crippen LogP contribution in [0.5, 0.6) is 0 Å². The van der Waals surface area contributed by atoms with Gasteiger partial charge < -0.3 is 0 Å². The van der Waals surface area contributed by atoms with Gasteiger partial charge in [-0.25, -0.2) is 9.97 Å². The molecule has 0 bridgehead atoms. The van der Waals surface area contributed by atoms with Crippen LogP contribution >= 0.6 is 0 Å². The van der Waals surface area contributed by atoms with Crippen LogP contribution in [0.4, 0.5) is 0 Å². The summed E-state index contributed by atoms with van der Waals surface area (Å²) in [5.74, 6) is 0.672. The molecule has 0 aliphatic carbocycles. The van der Waals surface area contributed by atoms with Gasteiger partial charge in [0.2, 0.25) is 5.95 Å². The number of fused-ring (bicyclic) bond motifs is 5. The topological polar surface area (TPSA) is 43.6 Å². The Morgan fingerprint density at radius 3 is 2.10 bits per heavy atom. The Balaban J connectivity index is 1.32. The van der Waals surface area contributed by atoms with E-state index in [4.69, 9.17) is 9.97 Å². The predicted molar refractivity (Wildman–Crippen MR) is 160 cm³/mol. The fourth-order valence-corrected chi connectivity index (χ4v) is 5.59. The summed E-state index contributed by atoms with van der Waals surface area (Å²) in [7, 11) is 0. The van der Waals surface area contributed by atoms with Crippen LogP contribution in [-0.2, 0) is 0 Å². The fraction of sp³-hybridized carbons (Fsp3) is 0. The molecule has 0 saturated heterocycles. The van der Waals surface area contributed by atoms with E-state index in [9.17, 15) is 0 Å². The molecule has 4 heteroatoms. The number of rotatable bonds is 3. The number of para-hydroxylation sites is 1. The van der Waals surface area contributed by atoms with Gasteiger partial charge in [-0.3, -0.25) is 9.55 Å². The van der Waals surface area contributed by atoms with E-state index < -0.39 is 0 Å². The molecule has 3 aromatic heterocycles. The molecule has 0 N–H and O–H groups in total. The summed E-state index contributed by atoms with van der Waals surface area (Å²) in [5.41, 5.74) is 7.80. The van der Waals surface area contributed by atoms with Crippen LogP contribution in [0.2, 0.25) is 0 Å². The van der Waals surface area contributed by atoms with E-state index in [2.05, 4.69) is 113 Å². The van der Waals surface area contributed by atoms with Crippen molar-refractivity contribution in [3.8, 4) is 28.2 Å². The maximum Gasteiger partial charge on any atom is 0.235 e. The molecule has 0 amide bonds. The van der Waals surface area contributed by atoms with E-state index in [0.717, 1.165) is 33.1 Å². The zero-order valence-electron chi connectivity index (χ0n) is 21.0. The monoisotopic (exact) mass is 498 g/mol. The summed E-state index contributed by atoms with van der Waals surface area (Å²) in [4.78, 5) is 14.0. The van der Waals surface area contributed by atoms with Crippen LogP contribution < -0.4 is 0 Å². The van der Waals surface area contributed by atoms with Crippen molar-refractivity contribution in [2.45, 2.75) is 0 Å². The quantitative estimate of drug-likeness (QED) is 0.245. The van der Waals surface area contributed by atoms with Gasteiger partial charge in [0.05, 0.1) is 16.6 Å². The lowest BCUT2D eigenvalue weighted by atomic mass is 10.00. The van der Waals surface area contributed by atoms with Gasteiger partial charge in [0.25, 0.3) is 0 Å². The third kappa shape index (κ3) is 3.57. The molecule has 39 heavy (non-hydrogen) atoms. The molecular weight excluding hydrogens is 476 g/mol. The minimum Gasteiger partial charge on any atom is -0.278 e. The van der Waals surface area contributed by atoms with E-state index in [1.807, 2.05) is 30.7 Å². The first-order valence-corrected chi connectivity index (χ1v) is 13.0. The first kappa shape index (κ1) is 21.7. The van der Waals surface area contributed by atoms with Crippen molar-refractivity contribution in [1.82, 2.24) is 19.5 Å². The van der Waals surface area contributed by atoms with Crippen LogP contribution in [0.15, 0.2) is 134 Å². The second-order valence-corrected chi connectivity index (χ2v) is 9.83. The molecule has 0 saturated carbocycles. The zero-order chi connectivity index (χ0) is 25.8. The van der Waals surface area contributed by atoms with E-state index >= 15 is 0 Å². The Morgan fingerprint density at radius 1 is 0.487 bits per heavy atom. The summed E-state index contributed by atoms with van der Waals surface area (Å²) in [6.45, 7) is 0. The highest BCUT2D eigenvalue weighted by atomic mass is 15.2. The van der Waals surface area contributed by atoms with Gasteiger partial charge in [0.15, 0.2) is 0 Å². The highest BCUT2D eigenvalue weighted by molar-refractivity contribution is 6.13. The lowest BCUT2D eigenvalue weighted by Crippen LogP contribution is -2.01. The van der Waals surface area contributed by atoms with Gasteiger partial charge in [-0.05, 0) is 81.6 Å². The Labute approximate surface area is 224 Å². The molecular formula is C35H22N4. The standard InChI is InChI=1S/C35H22N4/c1-2-6-23(7-3-1)25-10-11-27-21-34-31(20-28(27)18-25)30-8-4-5-9-33(30)39(34)35-37-22-29-19-26(12-13-32(29)38-35)24-14-16-36-17-15-24/h1-22H. The summed E-state index contributed by atoms with van der Waals surface area (Å²) in [6, 6.07) is 40.6. The molecule has 5 aromatic carbocycles. The third-order valence-corrected chi connectivity index (χ3v) is 7.52. The second kappa shape index (κ2) is 8.61. The first-order chi connectivity index (χ1) is 19.3. The molecule has 0 spiro atoms. The second-order valence-electron chi connectivity index (χ2n) is 9.83. The summed E-state index contributed by atoms with van der Waals surface area (Å²) < 4.78 is 2.19. The molecule has 0 fully saturated rings. The Bertz CT molecular complexity index is 2160. The molecule has 3 heterocycles. The number of hydrogen-bond donors (Lipinski definition) is 0. The summed E-state index contributed by atoms with van der Waals surface area (Å²) in [6.07, 6.45) is 5.55. The van der Waals surface area contributed by atoms with Crippen LogP contribution in [-0.4, -0.2) is 19.5 Å². The lowest BCUT2D eigenvalue weighted by Gasteiger charge is -2.09. The maximum atomic E-state index is 5.03. The van der Waals surface area contributed by atoms with E-state index in [1.165, 1.54) is 32.7 Å². The van der Waals surface area contributed by atoms with Crippen molar-refractivity contribution in [3.63, 3.8) is 0 Å². The molecule has 0 atom stereocenters. The summed E-state index contributed by atoms with van der Waals surface area (Å²) in [5, 5.41) is 5.80. The van der Waals surface area contributed by atoms with Gasteiger partial charge in [-0.15, -0.1) is 0 Å². The largest absolute Gasteiger partial charge is 0.278 e. The predicted octanol–water partition coefficient (Wildman–Crippen LogP) is 8.61. The van der Waals surface area contributed by atoms with Gasteiger partial charge in [0.1, 0.15) is 0 Å². The minimum absolute atomic E-state index is 0.672. The molecule has 8 aromatic rings. The lowest BCUT2D eigenvalue weighted by molar-refractivity contribution is 1.01. The Hall–Kier alpha value is -5.35. The normalized spacial score (nSPS) is 11.6. The van der Waals surface area contributed by atoms with Gasteiger partial charge in [0, 0.05) is 34.7 Å². The van der Waals surface area contributed by atoms with Gasteiger partial charge in [-0.2, -0.15) is 0 Å². The van der Waals surface area contributed by atoms with Crippen molar-refractivity contribution in [2.75, 3.05) is 0 Å². The molecule has 182 valence electrons. The number of benzene rings is 5. The molecule has 0 radical (unpaired) electrons. The zero-order valence-corrected chi connectivity index (χ0v) is 21.0. The molecule has 4 nitrogen and oxygen atoms in total. The van der Waals surface area contributed by atoms with Crippen molar-refractivity contribution in [1.29, 1.82) is 0 Å². The number of pyridine rings is 1. The molecule has 0 aliphatic rings. The fourth-order valence-electron chi connectivity index (χ4n) is 5.59. The number of hydrogen-bond acceptors (Lipinski definition) is 3. The van der Waals surface area contributed by atoms with Gasteiger partial charge >= 0.3 is 0 Å². The molecule has 0 unspecified atom stereocenters. The Morgan fingerprint density at radius 2 is 1.23 bits per heavy atom. The average molecular weight is 499 g/mol. The van der Waals surface area contributed by atoms with Crippen molar-refractivity contribution < 1.29 is 0 Å². The van der Waals surface area contributed by atoms with E-state index in [0.29, 0.717) is 5.95 Å². The number of nitrogens with zero attached hydrogens (tertiary/aromatic N) is 4. The minimum atomic E-state index is 0.672. The summed E-state index contributed by atoms with van der Waals surface area (Å²) >= 11 is 0. The van der Waals surface area contributed by atoms with Crippen molar-refractivity contribution >= 4 is 43.5 Å². The molecule has 8 rings (SSSR count). The highest BCUT2D eigenvalue weighted by Gasteiger charge is 2.16.